The lowest BCUT2D eigenvalue weighted by molar-refractivity contribution is -0.182. The van der Waals surface area contributed by atoms with Gasteiger partial charge in [0.1, 0.15) is 16.9 Å². The molecule has 12 nitrogen and oxygen atoms in total. The van der Waals surface area contributed by atoms with Crippen LogP contribution >= 0.6 is 0 Å². The third-order valence-electron chi connectivity index (χ3n) is 9.44. The Morgan fingerprint density at radius 2 is 1.07 bits per heavy atom. The molecule has 2 bridgehead atoms. The minimum atomic E-state index is -1.93. The van der Waals surface area contributed by atoms with Crippen LogP contribution in [0.4, 0.5) is 11.4 Å². The molecule has 1 saturated carbocycles. The molecule has 3 fully saturated rings. The molecular formula is C33H30N2O10. The van der Waals surface area contributed by atoms with Crippen LogP contribution in [-0.4, -0.2) is 48.1 Å². The standard InChI is InChI=1S/C33H30N2O10/c1-6-43-31(42)33-16(2)15-32(5,23-25(33)29(40)34(27(23)38)19-7-11-21(12-8-19)44-17(3)36)24-26(33)30(41)35(28(24)39)20-9-13-22(14-10-20)45-18(4)37/h7-15,23-26H,6H2,1-5H3/t23-,24-,25+,26+,32?,33?/m0/s1. The second kappa shape index (κ2) is 10.2. The van der Waals surface area contributed by atoms with Gasteiger partial charge in [-0.25, -0.2) is 9.80 Å². The average Bonchev–Trinajstić information content (AvgIpc) is 3.40. The van der Waals surface area contributed by atoms with Crippen molar-refractivity contribution in [3.63, 3.8) is 0 Å². The maximum absolute atomic E-state index is 14.4. The fourth-order valence-corrected chi connectivity index (χ4v) is 7.99. The summed E-state index contributed by atoms with van der Waals surface area (Å²) in [4.78, 5) is 96.2. The Morgan fingerprint density at radius 3 is 1.42 bits per heavy atom. The number of hydrogen-bond donors (Lipinski definition) is 0. The quantitative estimate of drug-likeness (QED) is 0.205. The van der Waals surface area contributed by atoms with Crippen molar-refractivity contribution in [1.82, 2.24) is 0 Å². The number of allylic oxidation sites excluding steroid dienone is 1. The average molecular weight is 615 g/mol. The first-order valence-corrected chi connectivity index (χ1v) is 14.5. The Kier molecular flexibility index (Phi) is 6.79. The van der Waals surface area contributed by atoms with E-state index in [1.165, 1.54) is 62.4 Å². The molecule has 232 valence electrons. The molecule has 12 heteroatoms. The topological polar surface area (TPSA) is 154 Å². The Hall–Kier alpha value is -5.13. The van der Waals surface area contributed by atoms with Crippen molar-refractivity contribution in [2.24, 2.45) is 34.5 Å². The fraction of sp³-hybridized carbons (Fsp3) is 0.364. The first-order valence-electron chi connectivity index (χ1n) is 14.5. The number of carbonyl (C=O) groups is 7. The molecule has 2 saturated heterocycles. The molecule has 45 heavy (non-hydrogen) atoms. The number of amides is 4. The highest BCUT2D eigenvalue weighted by Crippen LogP contribution is 2.71. The lowest BCUT2D eigenvalue weighted by Crippen LogP contribution is -2.66. The number of ether oxygens (including phenoxy) is 3. The second-order valence-corrected chi connectivity index (χ2v) is 11.9. The maximum atomic E-state index is 14.4. The summed E-state index contributed by atoms with van der Waals surface area (Å²) in [6, 6.07) is 11.5. The molecule has 0 aromatic heterocycles. The summed E-state index contributed by atoms with van der Waals surface area (Å²) < 4.78 is 15.7. The van der Waals surface area contributed by atoms with Gasteiger partial charge in [-0.15, -0.1) is 0 Å². The van der Waals surface area contributed by atoms with Gasteiger partial charge in [0, 0.05) is 19.3 Å². The number of benzene rings is 2. The van der Waals surface area contributed by atoms with E-state index in [1.54, 1.807) is 26.8 Å². The van der Waals surface area contributed by atoms with Crippen LogP contribution in [0.3, 0.4) is 0 Å². The van der Waals surface area contributed by atoms with Crippen LogP contribution < -0.4 is 19.3 Å². The number of nitrogens with zero attached hydrogens (tertiary/aromatic N) is 2. The molecule has 2 heterocycles. The Balaban J connectivity index is 1.48. The summed E-state index contributed by atoms with van der Waals surface area (Å²) in [5.41, 5.74) is -2.49. The van der Waals surface area contributed by atoms with Crippen LogP contribution in [0.1, 0.15) is 34.6 Å². The van der Waals surface area contributed by atoms with E-state index in [1.807, 2.05) is 0 Å². The first-order chi connectivity index (χ1) is 21.3. The number of rotatable bonds is 6. The van der Waals surface area contributed by atoms with Crippen LogP contribution in [0.5, 0.6) is 11.5 Å². The van der Waals surface area contributed by atoms with Gasteiger partial charge in [0.25, 0.3) is 0 Å². The van der Waals surface area contributed by atoms with E-state index in [0.29, 0.717) is 5.57 Å². The zero-order valence-corrected chi connectivity index (χ0v) is 25.2. The summed E-state index contributed by atoms with van der Waals surface area (Å²) in [6.07, 6.45) is 1.68. The lowest BCUT2D eigenvalue weighted by atomic mass is 9.39. The number of imide groups is 2. The van der Waals surface area contributed by atoms with Gasteiger partial charge < -0.3 is 14.2 Å². The van der Waals surface area contributed by atoms with Crippen LogP contribution in [0, 0.1) is 34.5 Å². The molecule has 2 aromatic carbocycles. The van der Waals surface area contributed by atoms with E-state index in [9.17, 15) is 33.6 Å². The minimum absolute atomic E-state index is 0.0627. The molecule has 7 rings (SSSR count). The highest BCUT2D eigenvalue weighted by Gasteiger charge is 2.82. The predicted octanol–water partition coefficient (Wildman–Crippen LogP) is 2.98. The fourth-order valence-electron chi connectivity index (χ4n) is 7.99. The molecule has 0 radical (unpaired) electrons. The van der Waals surface area contributed by atoms with Gasteiger partial charge in [0.2, 0.25) is 23.6 Å². The van der Waals surface area contributed by atoms with E-state index in [0.717, 1.165) is 9.80 Å². The van der Waals surface area contributed by atoms with E-state index in [2.05, 4.69) is 0 Å². The minimum Gasteiger partial charge on any atom is -0.465 e. The highest BCUT2D eigenvalue weighted by atomic mass is 16.5. The summed E-state index contributed by atoms with van der Waals surface area (Å²) >= 11 is 0. The van der Waals surface area contributed by atoms with E-state index >= 15 is 0 Å². The van der Waals surface area contributed by atoms with E-state index < -0.39 is 76.0 Å². The lowest BCUT2D eigenvalue weighted by Gasteiger charge is -2.58. The third-order valence-corrected chi connectivity index (χ3v) is 9.44. The Bertz CT molecular complexity index is 1620. The molecule has 4 atom stereocenters. The molecule has 0 N–H and O–H groups in total. The number of hydrogen-bond acceptors (Lipinski definition) is 10. The van der Waals surface area contributed by atoms with Gasteiger partial charge in [-0.2, -0.15) is 0 Å². The van der Waals surface area contributed by atoms with Crippen molar-refractivity contribution in [3.05, 3.63) is 60.2 Å². The first kappa shape index (κ1) is 29.9. The summed E-state index contributed by atoms with van der Waals surface area (Å²) in [5, 5.41) is 0. The van der Waals surface area contributed by atoms with Gasteiger partial charge in [-0.3, -0.25) is 33.6 Å². The smallest absolute Gasteiger partial charge is 0.317 e. The van der Waals surface area contributed by atoms with Crippen molar-refractivity contribution < 1.29 is 47.8 Å². The van der Waals surface area contributed by atoms with E-state index in [4.69, 9.17) is 14.2 Å². The molecular weight excluding hydrogens is 584 g/mol. The molecule has 0 spiro atoms. The van der Waals surface area contributed by atoms with Crippen molar-refractivity contribution in [2.75, 3.05) is 16.4 Å². The molecule has 5 aliphatic rings. The van der Waals surface area contributed by atoms with Crippen molar-refractivity contribution in [3.8, 4) is 11.5 Å². The van der Waals surface area contributed by atoms with Crippen molar-refractivity contribution in [1.29, 1.82) is 0 Å². The molecule has 4 amide bonds. The van der Waals surface area contributed by atoms with Crippen molar-refractivity contribution in [2.45, 2.75) is 34.6 Å². The Labute approximate surface area is 257 Å². The van der Waals surface area contributed by atoms with Crippen LogP contribution in [0.15, 0.2) is 60.2 Å². The van der Waals surface area contributed by atoms with E-state index in [-0.39, 0.29) is 29.5 Å². The number of anilines is 2. The second-order valence-electron chi connectivity index (χ2n) is 11.9. The van der Waals surface area contributed by atoms with Crippen LogP contribution in [-0.2, 0) is 38.3 Å². The SMILES string of the molecule is CCOC(=O)C12C(C)=CC(C)([C@@H]3C(=O)N(c4ccc(OC(C)=O)cc4)C(=O)[C@@H]31)[C@@H]1C(=O)N(c3ccc(OC(C)=O)cc3)C(=O)[C@@H]12. The van der Waals surface area contributed by atoms with Gasteiger partial charge in [0.05, 0.1) is 41.7 Å². The third kappa shape index (κ3) is 4.00. The number of carbonyl (C=O) groups excluding carboxylic acids is 7. The van der Waals surface area contributed by atoms with Gasteiger partial charge in [0.15, 0.2) is 0 Å². The highest BCUT2D eigenvalue weighted by molar-refractivity contribution is 6.29. The largest absolute Gasteiger partial charge is 0.465 e. The Morgan fingerprint density at radius 1 is 0.689 bits per heavy atom. The van der Waals surface area contributed by atoms with Crippen LogP contribution in [0.2, 0.25) is 0 Å². The zero-order valence-electron chi connectivity index (χ0n) is 25.2. The van der Waals surface area contributed by atoms with Crippen molar-refractivity contribution >= 4 is 52.9 Å². The molecule has 2 aromatic rings. The molecule has 0 unspecified atom stereocenters. The number of esters is 3. The van der Waals surface area contributed by atoms with Crippen LogP contribution in [0.25, 0.3) is 0 Å². The summed E-state index contributed by atoms with van der Waals surface area (Å²) in [5.74, 6) is -9.10. The summed E-state index contributed by atoms with van der Waals surface area (Å²) in [6.45, 7) is 7.32. The molecule has 2 aliphatic heterocycles. The summed E-state index contributed by atoms with van der Waals surface area (Å²) in [7, 11) is 0. The maximum Gasteiger partial charge on any atom is 0.317 e. The van der Waals surface area contributed by atoms with Gasteiger partial charge >= 0.3 is 17.9 Å². The normalized spacial score (nSPS) is 29.8. The monoisotopic (exact) mass is 614 g/mol. The van der Waals surface area contributed by atoms with Gasteiger partial charge in [-0.05, 0) is 62.4 Å². The molecule has 3 aliphatic carbocycles. The predicted molar refractivity (Wildman–Crippen MR) is 155 cm³/mol. The van der Waals surface area contributed by atoms with Gasteiger partial charge in [-0.1, -0.05) is 18.6 Å². The zero-order chi connectivity index (χ0) is 32.6.